The average Bonchev–Trinajstić information content (AvgIpc) is 2.83. The van der Waals surface area contributed by atoms with Gasteiger partial charge in [-0.05, 0) is 27.2 Å². The van der Waals surface area contributed by atoms with Gasteiger partial charge in [0.1, 0.15) is 11.4 Å². The van der Waals surface area contributed by atoms with Crippen LogP contribution in [0.25, 0.3) is 0 Å². The lowest BCUT2D eigenvalue weighted by molar-refractivity contribution is 0.0284. The maximum absolute atomic E-state index is 12.0. The molecule has 18 heavy (non-hydrogen) atoms. The van der Waals surface area contributed by atoms with E-state index >= 15 is 0 Å². The Morgan fingerprint density at radius 1 is 1.56 bits per heavy atom. The molecule has 1 saturated heterocycles. The first-order valence-electron chi connectivity index (χ1n) is 6.17. The maximum Gasteiger partial charge on any atom is 0.410 e. The number of nitrogens with zero attached hydrogens (tertiary/aromatic N) is 2. The molecule has 2 rings (SSSR count). The molecule has 1 aliphatic heterocycles. The zero-order valence-electron chi connectivity index (χ0n) is 11.4. The minimum absolute atomic E-state index is 0.159. The fourth-order valence-electron chi connectivity index (χ4n) is 2.16. The zero-order valence-corrected chi connectivity index (χ0v) is 11.4. The van der Waals surface area contributed by atoms with Crippen molar-refractivity contribution in [3.05, 3.63) is 18.4 Å². The number of hydrogen-bond donors (Lipinski definition) is 0. The van der Waals surface area contributed by atoms with Crippen molar-refractivity contribution in [2.75, 3.05) is 13.1 Å². The molecule has 1 amide bonds. The molecular weight excluding hydrogens is 232 g/mol. The van der Waals surface area contributed by atoms with Crippen molar-refractivity contribution in [3.8, 4) is 0 Å². The third-order valence-corrected chi connectivity index (χ3v) is 3.15. The molecule has 1 unspecified atom stereocenters. The quantitative estimate of drug-likeness (QED) is 0.770. The fraction of sp³-hybridized carbons (Fsp3) is 0.692. The number of ether oxygens (including phenoxy) is 1. The summed E-state index contributed by atoms with van der Waals surface area (Å²) < 4.78 is 10.7. The topological polar surface area (TPSA) is 55.6 Å². The monoisotopic (exact) mass is 252 g/mol. The first-order valence-corrected chi connectivity index (χ1v) is 6.17. The van der Waals surface area contributed by atoms with Gasteiger partial charge >= 0.3 is 6.09 Å². The van der Waals surface area contributed by atoms with Crippen LogP contribution in [0.1, 0.15) is 39.9 Å². The molecule has 1 aromatic heterocycles. The molecule has 0 spiro atoms. The van der Waals surface area contributed by atoms with Gasteiger partial charge in [0, 0.05) is 18.5 Å². The van der Waals surface area contributed by atoms with Crippen LogP contribution in [0, 0.1) is 0 Å². The highest BCUT2D eigenvalue weighted by molar-refractivity contribution is 5.68. The molecule has 1 aliphatic rings. The normalized spacial score (nSPS) is 24.3. The van der Waals surface area contributed by atoms with Crippen LogP contribution in [0.15, 0.2) is 17.0 Å². The van der Waals surface area contributed by atoms with Crippen LogP contribution >= 0.6 is 0 Å². The minimum Gasteiger partial charge on any atom is -0.448 e. The van der Waals surface area contributed by atoms with Gasteiger partial charge in [0.2, 0.25) is 0 Å². The number of aromatic nitrogens is 1. The predicted molar refractivity (Wildman–Crippen MR) is 66.3 cm³/mol. The van der Waals surface area contributed by atoms with Crippen LogP contribution in [0.2, 0.25) is 0 Å². The van der Waals surface area contributed by atoms with Crippen LogP contribution in [0.4, 0.5) is 4.79 Å². The zero-order chi connectivity index (χ0) is 13.4. The molecule has 1 aromatic rings. The highest BCUT2D eigenvalue weighted by Gasteiger charge is 2.41. The highest BCUT2D eigenvalue weighted by Crippen LogP contribution is 2.34. The molecule has 0 bridgehead atoms. The Morgan fingerprint density at radius 2 is 2.28 bits per heavy atom. The number of rotatable bonds is 1. The van der Waals surface area contributed by atoms with E-state index in [1.165, 1.54) is 6.39 Å². The summed E-state index contributed by atoms with van der Waals surface area (Å²) in [7, 11) is 0. The minimum atomic E-state index is -0.456. The van der Waals surface area contributed by atoms with Crippen LogP contribution in [-0.4, -0.2) is 34.7 Å². The fourth-order valence-corrected chi connectivity index (χ4v) is 2.16. The molecule has 0 N–H and O–H groups in total. The number of likely N-dealkylation sites (tertiary alicyclic amines) is 1. The van der Waals surface area contributed by atoms with Gasteiger partial charge in [-0.25, -0.2) is 9.78 Å². The number of amides is 1. The van der Waals surface area contributed by atoms with Crippen LogP contribution in [-0.2, 0) is 10.2 Å². The Kier molecular flexibility index (Phi) is 3.09. The Labute approximate surface area is 107 Å². The van der Waals surface area contributed by atoms with E-state index in [0.717, 1.165) is 12.2 Å². The van der Waals surface area contributed by atoms with Crippen molar-refractivity contribution in [1.82, 2.24) is 9.88 Å². The van der Waals surface area contributed by atoms with E-state index in [4.69, 9.17) is 9.15 Å². The Morgan fingerprint density at radius 3 is 2.83 bits per heavy atom. The maximum atomic E-state index is 12.0. The molecule has 5 nitrogen and oxygen atoms in total. The summed E-state index contributed by atoms with van der Waals surface area (Å²) in [5.41, 5.74) is -0.615. The second-order valence-corrected chi connectivity index (χ2v) is 6.08. The van der Waals surface area contributed by atoms with E-state index in [1.54, 1.807) is 11.1 Å². The van der Waals surface area contributed by atoms with Crippen molar-refractivity contribution < 1.29 is 13.9 Å². The molecule has 5 heteroatoms. The number of carbonyl (C=O) groups excluding carboxylic acids is 1. The van der Waals surface area contributed by atoms with Crippen molar-refractivity contribution in [2.24, 2.45) is 0 Å². The van der Waals surface area contributed by atoms with Crippen LogP contribution < -0.4 is 0 Å². The van der Waals surface area contributed by atoms with Gasteiger partial charge in [0.15, 0.2) is 6.39 Å². The first-order chi connectivity index (χ1) is 8.30. The van der Waals surface area contributed by atoms with Gasteiger partial charge in [0.25, 0.3) is 0 Å². The summed E-state index contributed by atoms with van der Waals surface area (Å²) in [5.74, 6) is 0.827. The van der Waals surface area contributed by atoms with Gasteiger partial charge in [-0.15, -0.1) is 0 Å². The second kappa shape index (κ2) is 4.30. The summed E-state index contributed by atoms with van der Waals surface area (Å²) in [4.78, 5) is 17.6. The SMILES string of the molecule is CC(C)(C)OC(=O)N1CCC(C)(c2cnco2)C1. The lowest BCUT2D eigenvalue weighted by Gasteiger charge is -2.26. The summed E-state index contributed by atoms with van der Waals surface area (Å²) in [6.07, 6.45) is 3.75. The first kappa shape index (κ1) is 12.9. The molecule has 1 fully saturated rings. The van der Waals surface area contributed by atoms with E-state index in [-0.39, 0.29) is 11.5 Å². The molecule has 2 heterocycles. The summed E-state index contributed by atoms with van der Waals surface area (Å²) in [6.45, 7) is 8.99. The number of oxazole rings is 1. The van der Waals surface area contributed by atoms with Gasteiger partial charge in [-0.1, -0.05) is 6.92 Å². The van der Waals surface area contributed by atoms with Crippen molar-refractivity contribution >= 4 is 6.09 Å². The number of hydrogen-bond acceptors (Lipinski definition) is 4. The Balaban J connectivity index is 2.02. The highest BCUT2D eigenvalue weighted by atomic mass is 16.6. The van der Waals surface area contributed by atoms with Crippen molar-refractivity contribution in [3.63, 3.8) is 0 Å². The molecular formula is C13H20N2O3. The Hall–Kier alpha value is -1.52. The molecule has 0 saturated carbocycles. The average molecular weight is 252 g/mol. The molecule has 1 atom stereocenters. The van der Waals surface area contributed by atoms with Gasteiger partial charge < -0.3 is 14.1 Å². The third-order valence-electron chi connectivity index (χ3n) is 3.15. The third kappa shape index (κ3) is 2.66. The van der Waals surface area contributed by atoms with Crippen molar-refractivity contribution in [2.45, 2.75) is 45.1 Å². The van der Waals surface area contributed by atoms with Gasteiger partial charge in [-0.2, -0.15) is 0 Å². The standard InChI is InChI=1S/C13H20N2O3/c1-12(2,3)18-11(16)15-6-5-13(4,8-15)10-7-14-9-17-10/h7,9H,5-6,8H2,1-4H3. The van der Waals surface area contributed by atoms with E-state index in [0.29, 0.717) is 13.1 Å². The smallest absolute Gasteiger partial charge is 0.410 e. The Bertz CT molecular complexity index is 422. The second-order valence-electron chi connectivity index (χ2n) is 6.08. The molecule has 0 aromatic carbocycles. The lowest BCUT2D eigenvalue weighted by Crippen LogP contribution is -2.37. The summed E-state index contributed by atoms with van der Waals surface area (Å²) >= 11 is 0. The summed E-state index contributed by atoms with van der Waals surface area (Å²) in [6, 6.07) is 0. The predicted octanol–water partition coefficient (Wildman–Crippen LogP) is 2.57. The van der Waals surface area contributed by atoms with Crippen molar-refractivity contribution in [1.29, 1.82) is 0 Å². The van der Waals surface area contributed by atoms with E-state index < -0.39 is 5.60 Å². The molecule has 0 aliphatic carbocycles. The summed E-state index contributed by atoms with van der Waals surface area (Å²) in [5, 5.41) is 0. The van der Waals surface area contributed by atoms with Gasteiger partial charge in [-0.3, -0.25) is 0 Å². The van der Waals surface area contributed by atoms with E-state index in [9.17, 15) is 4.79 Å². The van der Waals surface area contributed by atoms with Crippen LogP contribution in [0.3, 0.4) is 0 Å². The number of carbonyl (C=O) groups is 1. The molecule has 0 radical (unpaired) electrons. The van der Waals surface area contributed by atoms with Crippen LogP contribution in [0.5, 0.6) is 0 Å². The van der Waals surface area contributed by atoms with E-state index in [2.05, 4.69) is 11.9 Å². The lowest BCUT2D eigenvalue weighted by atomic mass is 9.87. The van der Waals surface area contributed by atoms with E-state index in [1.807, 2.05) is 20.8 Å². The van der Waals surface area contributed by atoms with Gasteiger partial charge in [0.05, 0.1) is 6.20 Å². The molecule has 100 valence electrons. The largest absolute Gasteiger partial charge is 0.448 e.